The van der Waals surface area contributed by atoms with E-state index in [0.717, 1.165) is 48.5 Å². The summed E-state index contributed by atoms with van der Waals surface area (Å²) in [7, 11) is 0. The van der Waals surface area contributed by atoms with Gasteiger partial charge in [0.05, 0.1) is 11.3 Å². The zero-order chi connectivity index (χ0) is 20.2. The normalized spacial score (nSPS) is 13.9. The number of fused-ring (bicyclic) bond motifs is 1. The van der Waals surface area contributed by atoms with Gasteiger partial charge in [-0.1, -0.05) is 24.6 Å². The maximum atomic E-state index is 12.5. The van der Waals surface area contributed by atoms with Gasteiger partial charge in [0.1, 0.15) is 11.6 Å². The largest absolute Gasteiger partial charge is 0.439 e. The van der Waals surface area contributed by atoms with Crippen LogP contribution in [0, 0.1) is 0 Å². The minimum atomic E-state index is -0.0213. The second-order valence-electron chi connectivity index (χ2n) is 7.17. The van der Waals surface area contributed by atoms with Crippen molar-refractivity contribution < 1.29 is 4.74 Å². The summed E-state index contributed by atoms with van der Waals surface area (Å²) < 4.78 is 5.97. The van der Waals surface area contributed by atoms with Gasteiger partial charge in [0, 0.05) is 49.3 Å². The van der Waals surface area contributed by atoms with E-state index in [9.17, 15) is 4.79 Å². The molecule has 150 valence electrons. The summed E-state index contributed by atoms with van der Waals surface area (Å²) in [5, 5.41) is 0.659. The summed E-state index contributed by atoms with van der Waals surface area (Å²) >= 11 is 5.94. The number of nitrogens with zero attached hydrogens (tertiary/aromatic N) is 3. The Morgan fingerprint density at radius 2 is 2.07 bits per heavy atom. The standard InChI is InChI=1S/C22H23ClN4O2/c1-2-4-20-25-19-10-12-27(14-18(19)21(28)26-20)13-15-5-3-11-24-22(15)29-17-8-6-16(23)7-9-17/h3,5-9,11H,2,4,10,12-14H2,1H3,(H,25,26,28). The summed E-state index contributed by atoms with van der Waals surface area (Å²) in [4.78, 5) is 26.7. The topological polar surface area (TPSA) is 71.1 Å². The number of hydrogen-bond acceptors (Lipinski definition) is 5. The van der Waals surface area contributed by atoms with E-state index >= 15 is 0 Å². The van der Waals surface area contributed by atoms with Crippen molar-refractivity contribution in [2.75, 3.05) is 6.54 Å². The highest BCUT2D eigenvalue weighted by molar-refractivity contribution is 6.30. The Kier molecular flexibility index (Phi) is 5.92. The molecule has 0 spiro atoms. The number of aromatic amines is 1. The monoisotopic (exact) mass is 410 g/mol. The molecule has 2 aromatic heterocycles. The van der Waals surface area contributed by atoms with Crippen molar-refractivity contribution >= 4 is 11.6 Å². The van der Waals surface area contributed by atoms with E-state index in [1.807, 2.05) is 24.3 Å². The summed E-state index contributed by atoms with van der Waals surface area (Å²) in [5.41, 5.74) is 2.64. The molecule has 1 N–H and O–H groups in total. The first-order chi connectivity index (χ1) is 14.1. The number of benzene rings is 1. The summed E-state index contributed by atoms with van der Waals surface area (Å²) in [6, 6.07) is 11.1. The molecule has 1 aromatic carbocycles. The van der Waals surface area contributed by atoms with Crippen LogP contribution in [0.2, 0.25) is 5.02 Å². The van der Waals surface area contributed by atoms with Crippen LogP contribution in [0.3, 0.4) is 0 Å². The fourth-order valence-electron chi connectivity index (χ4n) is 3.51. The lowest BCUT2D eigenvalue weighted by atomic mass is 10.1. The first-order valence-corrected chi connectivity index (χ1v) is 10.2. The van der Waals surface area contributed by atoms with Crippen molar-refractivity contribution in [3.8, 4) is 11.6 Å². The van der Waals surface area contributed by atoms with E-state index in [1.165, 1.54) is 0 Å². The van der Waals surface area contributed by atoms with Crippen molar-refractivity contribution in [3.05, 3.63) is 80.6 Å². The van der Waals surface area contributed by atoms with Crippen LogP contribution in [0.4, 0.5) is 0 Å². The quantitative estimate of drug-likeness (QED) is 0.661. The molecule has 29 heavy (non-hydrogen) atoms. The molecule has 0 radical (unpaired) electrons. The molecule has 0 bridgehead atoms. The van der Waals surface area contributed by atoms with Crippen LogP contribution in [0.1, 0.15) is 36.0 Å². The fraction of sp³-hybridized carbons (Fsp3) is 0.318. The van der Waals surface area contributed by atoms with Crippen molar-refractivity contribution in [3.63, 3.8) is 0 Å². The Hall–Kier alpha value is -2.70. The van der Waals surface area contributed by atoms with Gasteiger partial charge in [-0.15, -0.1) is 0 Å². The molecule has 3 aromatic rings. The predicted molar refractivity (Wildman–Crippen MR) is 112 cm³/mol. The number of nitrogens with one attached hydrogen (secondary N) is 1. The molecule has 0 amide bonds. The average molecular weight is 411 g/mol. The molecule has 4 rings (SSSR count). The van der Waals surface area contributed by atoms with E-state index < -0.39 is 0 Å². The third-order valence-electron chi connectivity index (χ3n) is 4.96. The highest BCUT2D eigenvalue weighted by Gasteiger charge is 2.22. The van der Waals surface area contributed by atoms with Gasteiger partial charge in [-0.05, 0) is 36.8 Å². The number of H-pyrrole nitrogens is 1. The van der Waals surface area contributed by atoms with Gasteiger partial charge in [-0.25, -0.2) is 9.97 Å². The van der Waals surface area contributed by atoms with E-state index in [1.54, 1.807) is 18.3 Å². The van der Waals surface area contributed by atoms with Crippen molar-refractivity contribution in [1.82, 2.24) is 19.9 Å². The van der Waals surface area contributed by atoms with E-state index in [0.29, 0.717) is 29.7 Å². The summed E-state index contributed by atoms with van der Waals surface area (Å²) in [6.45, 7) is 4.13. The highest BCUT2D eigenvalue weighted by Crippen LogP contribution is 2.26. The molecule has 1 aliphatic heterocycles. The number of rotatable bonds is 6. The molecule has 6 nitrogen and oxygen atoms in total. The molecule has 0 atom stereocenters. The van der Waals surface area contributed by atoms with Crippen LogP contribution in [-0.2, 0) is 25.9 Å². The molecular formula is C22H23ClN4O2. The summed E-state index contributed by atoms with van der Waals surface area (Å²) in [5.74, 6) is 2.03. The number of hydrogen-bond donors (Lipinski definition) is 1. The van der Waals surface area contributed by atoms with Gasteiger partial charge in [-0.2, -0.15) is 0 Å². The first-order valence-electron chi connectivity index (χ1n) is 9.83. The van der Waals surface area contributed by atoms with Gasteiger partial charge >= 0.3 is 0 Å². The van der Waals surface area contributed by atoms with Crippen LogP contribution < -0.4 is 10.3 Å². The number of pyridine rings is 1. The van der Waals surface area contributed by atoms with Crippen LogP contribution in [0.25, 0.3) is 0 Å². The SMILES string of the molecule is CCCc1nc2c(c(=O)[nH]1)CN(Cc1cccnc1Oc1ccc(Cl)cc1)CC2. The number of ether oxygens (including phenoxy) is 1. The van der Waals surface area contributed by atoms with Gasteiger partial charge in [-0.3, -0.25) is 9.69 Å². The molecule has 0 saturated carbocycles. The third kappa shape index (κ3) is 4.66. The number of halogens is 1. The maximum absolute atomic E-state index is 12.5. The second kappa shape index (κ2) is 8.76. The molecule has 1 aliphatic rings. The van der Waals surface area contributed by atoms with Crippen LogP contribution in [0.15, 0.2) is 47.4 Å². The molecule has 0 fully saturated rings. The lowest BCUT2D eigenvalue weighted by Crippen LogP contribution is -2.35. The van der Waals surface area contributed by atoms with E-state index in [2.05, 4.69) is 26.8 Å². The lowest BCUT2D eigenvalue weighted by Gasteiger charge is -2.28. The Labute approximate surface area is 174 Å². The number of aromatic nitrogens is 3. The molecule has 3 heterocycles. The molecule has 0 aliphatic carbocycles. The zero-order valence-electron chi connectivity index (χ0n) is 16.3. The van der Waals surface area contributed by atoms with Crippen molar-refractivity contribution in [1.29, 1.82) is 0 Å². The Morgan fingerprint density at radius 1 is 1.24 bits per heavy atom. The van der Waals surface area contributed by atoms with Gasteiger partial charge in [0.2, 0.25) is 5.88 Å². The van der Waals surface area contributed by atoms with E-state index in [4.69, 9.17) is 16.3 Å². The maximum Gasteiger partial charge on any atom is 0.255 e. The summed E-state index contributed by atoms with van der Waals surface area (Å²) in [6.07, 6.45) is 4.24. The van der Waals surface area contributed by atoms with Crippen molar-refractivity contribution in [2.24, 2.45) is 0 Å². The van der Waals surface area contributed by atoms with E-state index in [-0.39, 0.29) is 5.56 Å². The average Bonchev–Trinajstić information content (AvgIpc) is 2.72. The van der Waals surface area contributed by atoms with Gasteiger partial charge < -0.3 is 9.72 Å². The smallest absolute Gasteiger partial charge is 0.255 e. The van der Waals surface area contributed by atoms with Crippen LogP contribution in [0.5, 0.6) is 11.6 Å². The number of aryl methyl sites for hydroxylation is 1. The first kappa shape index (κ1) is 19.6. The zero-order valence-corrected chi connectivity index (χ0v) is 17.1. The minimum Gasteiger partial charge on any atom is -0.439 e. The van der Waals surface area contributed by atoms with Crippen LogP contribution in [-0.4, -0.2) is 26.4 Å². The van der Waals surface area contributed by atoms with Crippen LogP contribution >= 0.6 is 11.6 Å². The Morgan fingerprint density at radius 3 is 2.86 bits per heavy atom. The molecule has 0 unspecified atom stereocenters. The van der Waals surface area contributed by atoms with Gasteiger partial charge in [0.25, 0.3) is 5.56 Å². The molecular weight excluding hydrogens is 388 g/mol. The second-order valence-corrected chi connectivity index (χ2v) is 7.61. The fourth-order valence-corrected chi connectivity index (χ4v) is 3.64. The predicted octanol–water partition coefficient (Wildman–Crippen LogP) is 4.12. The Balaban J connectivity index is 1.51. The third-order valence-corrected chi connectivity index (χ3v) is 5.21. The minimum absolute atomic E-state index is 0.0213. The lowest BCUT2D eigenvalue weighted by molar-refractivity contribution is 0.238. The molecule has 0 saturated heterocycles. The Bertz CT molecular complexity index is 1050. The van der Waals surface area contributed by atoms with Gasteiger partial charge in [0.15, 0.2) is 0 Å². The highest BCUT2D eigenvalue weighted by atomic mass is 35.5. The van der Waals surface area contributed by atoms with Crippen molar-refractivity contribution in [2.45, 2.75) is 39.3 Å². The molecule has 7 heteroatoms.